The van der Waals surface area contributed by atoms with Crippen LogP contribution in [0.4, 0.5) is 43.4 Å². The largest absolute Gasteiger partial charge is 0.370 e. The van der Waals surface area contributed by atoms with E-state index in [-0.39, 0.29) is 0 Å². The van der Waals surface area contributed by atoms with Gasteiger partial charge in [0.2, 0.25) is 11.9 Å². The molecular formula is C112H171N21S4. The molecule has 0 spiro atoms. The zero-order valence-corrected chi connectivity index (χ0v) is 91.2. The first-order chi connectivity index (χ1) is 65.7. The third-order valence-corrected chi connectivity index (χ3v) is 33.0. The van der Waals surface area contributed by atoms with Gasteiger partial charge in [0, 0.05) is 217 Å². The number of fused-ring (bicyclic) bond motifs is 1. The van der Waals surface area contributed by atoms with Crippen LogP contribution in [-0.2, 0) is 0 Å². The van der Waals surface area contributed by atoms with Gasteiger partial charge in [-0.3, -0.25) is 19.7 Å². The van der Waals surface area contributed by atoms with Gasteiger partial charge in [-0.15, -0.1) is 58.2 Å². The van der Waals surface area contributed by atoms with E-state index in [0.29, 0.717) is 35.6 Å². The number of rotatable bonds is 12. The first kappa shape index (κ1) is 109. The van der Waals surface area contributed by atoms with Crippen LogP contribution in [-0.4, -0.2) is 293 Å². The van der Waals surface area contributed by atoms with Crippen LogP contribution in [0.15, 0.2) is 134 Å². The minimum atomic E-state index is 0.438. The average Bonchev–Trinajstić information content (AvgIpc) is 1.77. The standard InChI is InChI=1S/C15H19N.C14H20N4.C14H20N2.C12H20N4.2C12H19NS.C11H18N4.2C11H18N2S/c1-3-10-16-11-8-15(9-12-16)14-6-4-13(2)5-7-14;1-5-6-18-12(3)9-17(10-13(18)4)14-8-15-11(2)7-16-14;1-11-4-6-13(7-5-11)16-9-12-3-2-8-15-14(12)10-16;1-9-5-13-12(14-6-9)16-7-10(2)15(4)11(3)8-16;1-10-5-6-11(14-10)13-8-4-7-12(2,3)9-13;1-9-6-10(2)8-13(7-9)12-5-4-11(3)14-12;1-9-6-12-11(13-7-9)15-5-4-14(3)10(2)8-15;1-10-4-5-11(14-10)13-7-3-6-12(2)8-9-13;1-3-12-6-8-13(9-7-12)11-5-4-10(2)14-11/h1,4-7,15H,8-12H2,2H3;1,7-8,12-13H,6,9-10H2,2-4H3;4-7,12,14-15H,2-3,8-10H2,1H3;5-6,10-11H,7-8H2,1-4H3;5-6H,4,7-9H2,1-3H3;4-5,9-10H,6-8H2,1-3H3;6-7,10H,4-5,8H2,1-3H3;2*4-5H,3,6-9H2,1-2H3/t;12-,13+;;10-,11+;;9-,10+;;;. The summed E-state index contributed by atoms with van der Waals surface area (Å²) in [5.41, 5.74) is 9.24. The zero-order valence-electron chi connectivity index (χ0n) is 88.0. The van der Waals surface area contributed by atoms with Crippen molar-refractivity contribution in [2.75, 3.05) is 237 Å². The number of hydrogen-bond donors (Lipinski definition) is 1. The Balaban J connectivity index is 0.000000148. The molecule has 137 heavy (non-hydrogen) atoms. The van der Waals surface area contributed by atoms with E-state index in [9.17, 15) is 0 Å². The molecule has 17 heterocycles. The summed E-state index contributed by atoms with van der Waals surface area (Å²) in [7, 11) is 6.56. The fraction of sp³-hybridized carbons (Fsp3) is 0.607. The first-order valence-corrected chi connectivity index (χ1v) is 54.7. The van der Waals surface area contributed by atoms with Gasteiger partial charge in [0.05, 0.1) is 51.2 Å². The van der Waals surface area contributed by atoms with Gasteiger partial charge in [-0.25, -0.2) is 24.9 Å². The molecule has 9 atom stereocenters. The number of hydrogen-bond acceptors (Lipinski definition) is 25. The van der Waals surface area contributed by atoms with Gasteiger partial charge in [-0.1, -0.05) is 94.0 Å². The molecular weight excluding hydrogens is 1770 g/mol. The van der Waals surface area contributed by atoms with E-state index in [1.165, 1.54) is 218 Å². The van der Waals surface area contributed by atoms with E-state index in [1.807, 2.05) is 103 Å². The Hall–Kier alpha value is -8.28. The molecule has 3 unspecified atom stereocenters. The summed E-state index contributed by atoms with van der Waals surface area (Å²) in [5.74, 6) is 11.4. The second-order valence-electron chi connectivity index (χ2n) is 41.7. The number of nitrogens with zero attached hydrogens (tertiary/aromatic N) is 20. The second-order valence-corrected chi connectivity index (χ2v) is 46.7. The highest BCUT2D eigenvalue weighted by Crippen LogP contribution is 2.38. The summed E-state index contributed by atoms with van der Waals surface area (Å²) in [4.78, 5) is 65.8. The van der Waals surface area contributed by atoms with E-state index in [1.54, 1.807) is 0 Å². The monoisotopic (exact) mass is 1940 g/mol. The summed E-state index contributed by atoms with van der Waals surface area (Å²) >= 11 is 7.67. The smallest absolute Gasteiger partial charge is 0.225 e. The minimum absolute atomic E-state index is 0.438. The maximum absolute atomic E-state index is 5.42. The van der Waals surface area contributed by atoms with Crippen LogP contribution in [0, 0.1) is 110 Å². The number of likely N-dealkylation sites (N-methyl/N-ethyl adjacent to an activating group) is 4. The number of anilines is 8. The molecule has 25 heteroatoms. The molecule has 9 aromatic rings. The normalized spacial score (nSPS) is 23.5. The molecule has 10 saturated heterocycles. The number of aryl methyl sites for hydroxylation is 9. The first-order valence-electron chi connectivity index (χ1n) is 51.4. The van der Waals surface area contributed by atoms with Crippen LogP contribution in [0.5, 0.6) is 0 Å². The molecule has 0 amide bonds. The van der Waals surface area contributed by atoms with E-state index in [4.69, 9.17) is 12.8 Å². The van der Waals surface area contributed by atoms with Gasteiger partial charge >= 0.3 is 0 Å². The summed E-state index contributed by atoms with van der Waals surface area (Å²) in [5, 5.41) is 9.45. The molecule has 19 rings (SSSR count). The second kappa shape index (κ2) is 54.7. The number of piperazine rings is 4. The highest BCUT2D eigenvalue weighted by atomic mass is 32.1. The maximum atomic E-state index is 5.42. The fourth-order valence-electron chi connectivity index (χ4n) is 20.2. The van der Waals surface area contributed by atoms with Crippen LogP contribution < -0.4 is 44.5 Å². The van der Waals surface area contributed by atoms with Crippen molar-refractivity contribution in [3.63, 3.8) is 0 Å². The van der Waals surface area contributed by atoms with Crippen LogP contribution in [0.25, 0.3) is 0 Å². The maximum Gasteiger partial charge on any atom is 0.225 e. The predicted octanol–water partition coefficient (Wildman–Crippen LogP) is 20.2. The Labute approximate surface area is 844 Å². The van der Waals surface area contributed by atoms with Crippen molar-refractivity contribution in [1.29, 1.82) is 0 Å². The quantitative estimate of drug-likeness (QED) is 0.116. The molecule has 2 aromatic carbocycles. The summed E-state index contributed by atoms with van der Waals surface area (Å²) in [6, 6.07) is 39.1. The molecule has 21 nitrogen and oxygen atoms in total. The Morgan fingerprint density at radius 1 is 0.401 bits per heavy atom. The van der Waals surface area contributed by atoms with Gasteiger partial charge in [-0.2, -0.15) is 0 Å². The molecule has 0 saturated carbocycles. The molecule has 0 radical (unpaired) electrons. The van der Waals surface area contributed by atoms with E-state index >= 15 is 0 Å². The summed E-state index contributed by atoms with van der Waals surface area (Å²) in [6.45, 7) is 72.1. The molecule has 7 aromatic heterocycles. The van der Waals surface area contributed by atoms with Crippen molar-refractivity contribution in [2.45, 2.75) is 225 Å². The lowest BCUT2D eigenvalue weighted by molar-refractivity contribution is 0.151. The van der Waals surface area contributed by atoms with Crippen LogP contribution in [0.3, 0.4) is 0 Å². The lowest BCUT2D eigenvalue weighted by Gasteiger charge is -2.44. The lowest BCUT2D eigenvalue weighted by atomic mass is 9.84. The van der Waals surface area contributed by atoms with Gasteiger partial charge < -0.3 is 59.2 Å². The number of terminal acetylenes is 2. The van der Waals surface area contributed by atoms with Crippen molar-refractivity contribution in [1.82, 2.24) is 64.6 Å². The molecule has 0 bridgehead atoms. The molecule has 10 fully saturated rings. The van der Waals surface area contributed by atoms with Crippen molar-refractivity contribution in [2.24, 2.45) is 23.2 Å². The predicted molar refractivity (Wildman–Crippen MR) is 592 cm³/mol. The fourth-order valence-corrected chi connectivity index (χ4v) is 23.8. The SMILES string of the molecule is C#CCN1CCC(c2ccc(C)cc2)CC1.C#CCN1[C@H](C)CN(c2cnc(C)cn2)C[C@@H]1C.CCN1CCN(c2ccc(C)s2)CC1.Cc1ccc(N2CC3CCCNC3C2)cc1.Cc1ccc(N2CCCC(C)(C)C2)s1.Cc1ccc(N2CCCN(C)CC2)s1.Cc1ccc(N2C[C@H](C)C[C@H](C)C2)s1.Cc1cnc(N2CCN(C)C(C)C2)nc1.Cc1cnc(N2C[C@@H](C)N(C)[C@@H](C)C2)nc1. The minimum Gasteiger partial charge on any atom is -0.370 e. The van der Waals surface area contributed by atoms with Crippen LogP contribution in [0.2, 0.25) is 0 Å². The number of benzene rings is 2. The summed E-state index contributed by atoms with van der Waals surface area (Å²) in [6.07, 6.45) is 32.6. The van der Waals surface area contributed by atoms with Gasteiger partial charge in [0.25, 0.3) is 0 Å². The van der Waals surface area contributed by atoms with Crippen molar-refractivity contribution < 1.29 is 0 Å². The zero-order chi connectivity index (χ0) is 98.2. The topological polar surface area (TPSA) is 135 Å². The number of piperidine rings is 4. The van der Waals surface area contributed by atoms with Gasteiger partial charge in [0.15, 0.2) is 0 Å². The highest BCUT2D eigenvalue weighted by molar-refractivity contribution is 7.17. The third-order valence-electron chi connectivity index (χ3n) is 28.8. The van der Waals surface area contributed by atoms with Crippen molar-refractivity contribution in [3.8, 4) is 24.7 Å². The molecule has 10 aliphatic heterocycles. The number of likely N-dealkylation sites (tertiary alicyclic amines) is 1. The van der Waals surface area contributed by atoms with Crippen LogP contribution in [0.1, 0.15) is 180 Å². The highest BCUT2D eigenvalue weighted by Gasteiger charge is 2.36. The molecule has 748 valence electrons. The number of nitrogens with one attached hydrogen (secondary N) is 1. The van der Waals surface area contributed by atoms with E-state index < -0.39 is 0 Å². The molecule has 0 aliphatic carbocycles. The Bertz CT molecular complexity index is 4920. The third kappa shape index (κ3) is 34.8. The van der Waals surface area contributed by atoms with E-state index in [0.717, 1.165) is 136 Å². The van der Waals surface area contributed by atoms with Gasteiger partial charge in [-0.05, 0) is 309 Å². The number of thiophene rings is 4. The molecule has 10 aliphatic rings. The number of aromatic nitrogens is 6. The average molecular weight is 1940 g/mol. The molecule has 1 N–H and O–H groups in total. The Morgan fingerprint density at radius 2 is 0.891 bits per heavy atom. The Kier molecular flexibility index (Phi) is 43.5. The van der Waals surface area contributed by atoms with Gasteiger partial charge in [0.1, 0.15) is 5.82 Å². The van der Waals surface area contributed by atoms with Crippen LogP contribution >= 0.6 is 45.3 Å². The lowest BCUT2D eigenvalue weighted by Crippen LogP contribution is -2.57. The summed E-state index contributed by atoms with van der Waals surface area (Å²) < 4.78 is 0. The van der Waals surface area contributed by atoms with E-state index in [2.05, 4.69) is 345 Å². The van der Waals surface area contributed by atoms with Crippen molar-refractivity contribution >= 4 is 88.8 Å². The van der Waals surface area contributed by atoms with Crippen molar-refractivity contribution in [3.05, 3.63) is 187 Å². The Morgan fingerprint density at radius 3 is 1.39 bits per heavy atom.